The lowest BCUT2D eigenvalue weighted by atomic mass is 9.96. The Bertz CT molecular complexity index is 1360. The van der Waals surface area contributed by atoms with Crippen molar-refractivity contribution >= 4 is 44.2 Å². The lowest BCUT2D eigenvalue weighted by molar-refractivity contribution is 0.0956. The minimum atomic E-state index is -3.68. The van der Waals surface area contributed by atoms with Crippen molar-refractivity contribution < 1.29 is 22.8 Å². The number of nitrogens with zero attached hydrogens (tertiary/aromatic N) is 3. The first-order valence-electron chi connectivity index (χ1n) is 13.7. The van der Waals surface area contributed by atoms with E-state index in [1.807, 2.05) is 0 Å². The molecule has 2 aromatic rings. The Labute approximate surface area is 240 Å². The molecule has 12 heteroatoms. The van der Waals surface area contributed by atoms with Crippen molar-refractivity contribution in [1.82, 2.24) is 19.4 Å². The summed E-state index contributed by atoms with van der Waals surface area (Å²) in [5.74, 6) is -1.02. The van der Waals surface area contributed by atoms with Crippen molar-refractivity contribution in [2.45, 2.75) is 75.9 Å². The van der Waals surface area contributed by atoms with Crippen LogP contribution < -0.4 is 10.6 Å². The quantitative estimate of drug-likeness (QED) is 0.501. The Morgan fingerprint density at radius 3 is 2.25 bits per heavy atom. The molecule has 2 N–H and O–H groups in total. The number of hydrogen-bond acceptors (Lipinski definition) is 7. The van der Waals surface area contributed by atoms with Crippen LogP contribution in [0.15, 0.2) is 29.2 Å². The largest absolute Gasteiger partial charge is 0.331 e. The van der Waals surface area contributed by atoms with Gasteiger partial charge in [-0.3, -0.25) is 19.8 Å². The molecule has 1 fully saturated rings. The highest BCUT2D eigenvalue weighted by Crippen LogP contribution is 2.38. The molecule has 2 aliphatic rings. The summed E-state index contributed by atoms with van der Waals surface area (Å²) in [6, 6.07) is 5.65. The van der Waals surface area contributed by atoms with E-state index in [0.29, 0.717) is 29.6 Å². The van der Waals surface area contributed by atoms with E-state index in [1.165, 1.54) is 44.8 Å². The van der Waals surface area contributed by atoms with Crippen molar-refractivity contribution in [1.29, 1.82) is 0 Å². The summed E-state index contributed by atoms with van der Waals surface area (Å²) >= 11 is 1.34. The maximum Gasteiger partial charge on any atom is 0.323 e. The molecule has 10 nitrogen and oxygen atoms in total. The zero-order chi connectivity index (χ0) is 29.2. The fourth-order valence-electron chi connectivity index (χ4n) is 5.22. The van der Waals surface area contributed by atoms with Gasteiger partial charge in [0.15, 0.2) is 0 Å². The van der Waals surface area contributed by atoms with Crippen LogP contribution in [0.1, 0.15) is 77.1 Å². The average Bonchev–Trinajstić information content (AvgIpc) is 3.30. The predicted molar refractivity (Wildman–Crippen MR) is 156 cm³/mol. The third-order valence-electron chi connectivity index (χ3n) is 7.78. The summed E-state index contributed by atoms with van der Waals surface area (Å²) in [5, 5.41) is 5.63. The smallest absolute Gasteiger partial charge is 0.323 e. The number of carbonyl (C=O) groups excluding carboxylic acids is 3. The second-order valence-electron chi connectivity index (χ2n) is 11.0. The molecule has 1 saturated carbocycles. The lowest BCUT2D eigenvalue weighted by Crippen LogP contribution is -2.40. The summed E-state index contributed by atoms with van der Waals surface area (Å²) in [7, 11) is 1.04. The average molecular weight is 590 g/mol. The Morgan fingerprint density at radius 1 is 1.00 bits per heavy atom. The molecule has 0 spiro atoms. The molecule has 218 valence electrons. The second kappa shape index (κ2) is 12.4. The monoisotopic (exact) mass is 589 g/mol. The van der Waals surface area contributed by atoms with Crippen LogP contribution >= 0.6 is 11.3 Å². The summed E-state index contributed by atoms with van der Waals surface area (Å²) in [6.07, 6.45) is 5.51. The van der Waals surface area contributed by atoms with Crippen LogP contribution in [0.5, 0.6) is 0 Å². The third-order valence-corrected chi connectivity index (χ3v) is 10.8. The molecule has 0 saturated heterocycles. The molecule has 1 aliphatic carbocycles. The number of nitrogens with one attached hydrogen (secondary N) is 2. The van der Waals surface area contributed by atoms with E-state index in [2.05, 4.69) is 29.4 Å². The van der Waals surface area contributed by atoms with Crippen LogP contribution in [-0.2, 0) is 23.0 Å². The number of amides is 4. The molecule has 1 aromatic heterocycles. The number of hydrogen-bond donors (Lipinski definition) is 2. The number of carbonyl (C=O) groups is 3. The molecular weight excluding hydrogens is 550 g/mol. The maximum atomic E-state index is 13.3. The Hall–Kier alpha value is -2.80. The van der Waals surface area contributed by atoms with Gasteiger partial charge in [0.2, 0.25) is 10.0 Å². The van der Waals surface area contributed by atoms with E-state index >= 15 is 0 Å². The van der Waals surface area contributed by atoms with Crippen molar-refractivity contribution in [3.8, 4) is 0 Å². The highest BCUT2D eigenvalue weighted by molar-refractivity contribution is 7.89. The molecule has 1 aromatic carbocycles. The number of thiophene rings is 1. The first-order chi connectivity index (χ1) is 18.9. The van der Waals surface area contributed by atoms with Crippen LogP contribution in [0.4, 0.5) is 9.80 Å². The highest BCUT2D eigenvalue weighted by Gasteiger charge is 2.31. The van der Waals surface area contributed by atoms with Crippen LogP contribution in [0.25, 0.3) is 0 Å². The standard InChI is InChI=1S/C28H39N5O5S2/c1-18(2)33-16-15-22-23(17-33)39-27(24(22)26(35)30-28(36)31(3)4)29-25(34)19-11-13-21(14-12-19)40(37,38)32(5)20-9-7-6-8-10-20/h11-14,18,20H,6-10,15-17H2,1-5H3,(H,29,34)(H,30,35,36). The molecule has 0 bridgehead atoms. The molecular formula is C28H39N5O5S2. The van der Waals surface area contributed by atoms with Gasteiger partial charge in [0.05, 0.1) is 10.5 Å². The molecule has 0 atom stereocenters. The van der Waals surface area contributed by atoms with E-state index < -0.39 is 27.9 Å². The van der Waals surface area contributed by atoms with Gasteiger partial charge < -0.3 is 10.2 Å². The number of urea groups is 1. The van der Waals surface area contributed by atoms with Crippen molar-refractivity contribution in [2.24, 2.45) is 0 Å². The number of sulfonamides is 1. The van der Waals surface area contributed by atoms with Gasteiger partial charge >= 0.3 is 6.03 Å². The van der Waals surface area contributed by atoms with Gasteiger partial charge in [-0.05, 0) is 62.9 Å². The van der Waals surface area contributed by atoms with E-state index in [4.69, 9.17) is 0 Å². The molecule has 4 amide bonds. The van der Waals surface area contributed by atoms with E-state index in [0.717, 1.165) is 49.1 Å². The lowest BCUT2D eigenvalue weighted by Gasteiger charge is -2.30. The zero-order valence-electron chi connectivity index (χ0n) is 23.8. The van der Waals surface area contributed by atoms with Gasteiger partial charge in [-0.2, -0.15) is 4.31 Å². The minimum absolute atomic E-state index is 0.0119. The number of benzene rings is 1. The second-order valence-corrected chi connectivity index (χ2v) is 14.1. The summed E-state index contributed by atoms with van der Waals surface area (Å²) in [6.45, 7) is 5.64. The summed E-state index contributed by atoms with van der Waals surface area (Å²) in [5.41, 5.74) is 1.42. The van der Waals surface area contributed by atoms with E-state index in [-0.39, 0.29) is 16.5 Å². The predicted octanol–water partition coefficient (Wildman–Crippen LogP) is 4.13. The molecule has 40 heavy (non-hydrogen) atoms. The topological polar surface area (TPSA) is 119 Å². The van der Waals surface area contributed by atoms with Gasteiger partial charge in [0.25, 0.3) is 11.8 Å². The van der Waals surface area contributed by atoms with Gasteiger partial charge in [-0.25, -0.2) is 13.2 Å². The Morgan fingerprint density at radius 2 is 1.65 bits per heavy atom. The third kappa shape index (κ3) is 6.40. The molecule has 0 unspecified atom stereocenters. The van der Waals surface area contributed by atoms with Crippen molar-refractivity contribution in [3.05, 3.63) is 45.8 Å². The molecule has 2 heterocycles. The van der Waals surface area contributed by atoms with Gasteiger partial charge in [-0.15, -0.1) is 11.3 Å². The fourth-order valence-corrected chi connectivity index (χ4v) is 7.91. The number of fused-ring (bicyclic) bond motifs is 1. The molecule has 1 aliphatic heterocycles. The fraction of sp³-hybridized carbons (Fsp3) is 0.536. The number of anilines is 1. The SMILES string of the molecule is CC(C)N1CCc2c(sc(NC(=O)c3ccc(S(=O)(=O)N(C)C4CCCCC4)cc3)c2C(=O)NC(=O)N(C)C)C1. The minimum Gasteiger partial charge on any atom is -0.331 e. The van der Waals surface area contributed by atoms with Crippen LogP contribution in [0.2, 0.25) is 0 Å². The summed E-state index contributed by atoms with van der Waals surface area (Å²) in [4.78, 5) is 43.4. The summed E-state index contributed by atoms with van der Waals surface area (Å²) < 4.78 is 27.8. The Kier molecular flexibility index (Phi) is 9.33. The number of rotatable bonds is 7. The normalized spacial score (nSPS) is 16.6. The Balaban J connectivity index is 1.56. The van der Waals surface area contributed by atoms with Gasteiger partial charge in [0, 0.05) is 56.8 Å². The molecule has 4 rings (SSSR count). The number of imide groups is 1. The maximum absolute atomic E-state index is 13.3. The van der Waals surface area contributed by atoms with Crippen molar-refractivity contribution in [3.63, 3.8) is 0 Å². The first kappa shape index (κ1) is 30.2. The van der Waals surface area contributed by atoms with E-state index in [1.54, 1.807) is 21.1 Å². The highest BCUT2D eigenvalue weighted by atomic mass is 32.2. The van der Waals surface area contributed by atoms with Crippen LogP contribution in [0.3, 0.4) is 0 Å². The van der Waals surface area contributed by atoms with Crippen molar-refractivity contribution in [2.75, 3.05) is 33.0 Å². The van der Waals surface area contributed by atoms with Crippen LogP contribution in [-0.4, -0.2) is 80.1 Å². The molecule has 0 radical (unpaired) electrons. The first-order valence-corrected chi connectivity index (χ1v) is 16.0. The van der Waals surface area contributed by atoms with Gasteiger partial charge in [-0.1, -0.05) is 19.3 Å². The van der Waals surface area contributed by atoms with E-state index in [9.17, 15) is 22.8 Å². The van der Waals surface area contributed by atoms with Gasteiger partial charge in [0.1, 0.15) is 5.00 Å². The van der Waals surface area contributed by atoms with Crippen LogP contribution in [0, 0.1) is 0 Å². The zero-order valence-corrected chi connectivity index (χ0v) is 25.5.